The van der Waals surface area contributed by atoms with Crippen LogP contribution in [-0.4, -0.2) is 46.3 Å². The van der Waals surface area contributed by atoms with Crippen molar-refractivity contribution >= 4 is 17.8 Å². The Bertz CT molecular complexity index is 1000. The molecule has 1 unspecified atom stereocenters. The second kappa shape index (κ2) is 11.0. The summed E-state index contributed by atoms with van der Waals surface area (Å²) in [7, 11) is 5.53. The topological polar surface area (TPSA) is 109 Å². The van der Waals surface area contributed by atoms with Crippen molar-refractivity contribution < 1.29 is 38.1 Å². The summed E-state index contributed by atoms with van der Waals surface area (Å²) >= 11 is 0. The Morgan fingerprint density at radius 1 is 0.875 bits per heavy atom. The normalized spacial score (nSPS) is 11.2. The smallest absolute Gasteiger partial charge is 0.333 e. The third kappa shape index (κ3) is 5.90. The molecule has 0 fully saturated rings. The summed E-state index contributed by atoms with van der Waals surface area (Å²) in [6, 6.07) is 7.27. The Kier molecular flexibility index (Phi) is 8.46. The van der Waals surface area contributed by atoms with Gasteiger partial charge in [0.25, 0.3) is 0 Å². The largest absolute Gasteiger partial charge is 0.496 e. The van der Waals surface area contributed by atoms with Crippen molar-refractivity contribution in [2.75, 3.05) is 28.4 Å². The molecule has 1 N–H and O–H groups in total. The van der Waals surface area contributed by atoms with Crippen LogP contribution in [0.25, 0.3) is 0 Å². The number of esters is 2. The van der Waals surface area contributed by atoms with Crippen molar-refractivity contribution in [3.8, 4) is 23.0 Å². The first kappa shape index (κ1) is 24.5. The Balaban J connectivity index is 2.54. The third-order valence-corrected chi connectivity index (χ3v) is 4.70. The summed E-state index contributed by atoms with van der Waals surface area (Å²) < 4.78 is 26.5. The number of rotatable bonds is 9. The summed E-state index contributed by atoms with van der Waals surface area (Å²) in [5.74, 6) is 0.166. The van der Waals surface area contributed by atoms with Gasteiger partial charge in [-0.05, 0) is 42.3 Å². The zero-order valence-corrected chi connectivity index (χ0v) is 18.9. The average molecular weight is 445 g/mol. The van der Waals surface area contributed by atoms with Gasteiger partial charge in [0.2, 0.25) is 5.91 Å². The fraction of sp³-hybridized carbons (Fsp3) is 0.348. The van der Waals surface area contributed by atoms with Gasteiger partial charge in [0.05, 0.1) is 34.9 Å². The molecule has 2 rings (SSSR count). The van der Waals surface area contributed by atoms with Crippen LogP contribution in [0.15, 0.2) is 30.3 Å². The molecule has 32 heavy (non-hydrogen) atoms. The first-order valence-electron chi connectivity index (χ1n) is 9.69. The van der Waals surface area contributed by atoms with Crippen molar-refractivity contribution in [1.29, 1.82) is 0 Å². The van der Waals surface area contributed by atoms with Crippen LogP contribution in [0.1, 0.15) is 29.7 Å². The van der Waals surface area contributed by atoms with Gasteiger partial charge in [-0.1, -0.05) is 6.07 Å². The fourth-order valence-electron chi connectivity index (χ4n) is 3.03. The zero-order valence-electron chi connectivity index (χ0n) is 18.9. The fourth-order valence-corrected chi connectivity index (χ4v) is 3.03. The Morgan fingerprint density at radius 3 is 2.09 bits per heavy atom. The molecule has 0 bridgehead atoms. The Labute approximate surface area is 186 Å². The SMILES string of the molecule is COC(=O)Cc1ccc(OC)c(Oc2cc(C(NC(C)=O)C(=O)OC)cc(OC)c2C)c1. The lowest BCUT2D eigenvalue weighted by Crippen LogP contribution is -2.33. The molecule has 0 aliphatic carbocycles. The lowest BCUT2D eigenvalue weighted by molar-refractivity contribution is -0.145. The van der Waals surface area contributed by atoms with Gasteiger partial charge in [-0.2, -0.15) is 0 Å². The van der Waals surface area contributed by atoms with Crippen LogP contribution in [0.2, 0.25) is 0 Å². The minimum Gasteiger partial charge on any atom is -0.496 e. The van der Waals surface area contributed by atoms with Crippen molar-refractivity contribution in [3.05, 3.63) is 47.0 Å². The van der Waals surface area contributed by atoms with Gasteiger partial charge in [0, 0.05) is 12.5 Å². The second-order valence-electron chi connectivity index (χ2n) is 6.84. The third-order valence-electron chi connectivity index (χ3n) is 4.70. The van der Waals surface area contributed by atoms with E-state index in [4.69, 9.17) is 23.7 Å². The van der Waals surface area contributed by atoms with E-state index in [1.165, 1.54) is 35.4 Å². The number of amides is 1. The van der Waals surface area contributed by atoms with Crippen LogP contribution in [0.4, 0.5) is 0 Å². The highest BCUT2D eigenvalue weighted by Crippen LogP contribution is 2.38. The van der Waals surface area contributed by atoms with Crippen LogP contribution in [0.5, 0.6) is 23.0 Å². The lowest BCUT2D eigenvalue weighted by atomic mass is 10.0. The van der Waals surface area contributed by atoms with Crippen LogP contribution < -0.4 is 19.5 Å². The number of nitrogens with one attached hydrogen (secondary N) is 1. The lowest BCUT2D eigenvalue weighted by Gasteiger charge is -2.20. The van der Waals surface area contributed by atoms with E-state index in [0.717, 1.165) is 0 Å². The second-order valence-corrected chi connectivity index (χ2v) is 6.84. The van der Waals surface area contributed by atoms with Crippen molar-refractivity contribution in [2.24, 2.45) is 0 Å². The highest BCUT2D eigenvalue weighted by molar-refractivity contribution is 5.84. The molecule has 9 nitrogen and oxygen atoms in total. The van der Waals surface area contributed by atoms with E-state index in [0.29, 0.717) is 39.7 Å². The predicted molar refractivity (Wildman–Crippen MR) is 115 cm³/mol. The standard InChI is InChI=1S/C23H27NO8/c1-13-18(29-4)11-16(22(23(27)31-6)24-14(2)25)12-19(13)32-20-9-15(10-21(26)30-5)7-8-17(20)28-3/h7-9,11-12,22H,10H2,1-6H3,(H,24,25). The molecular formula is C23H27NO8. The van der Waals surface area contributed by atoms with E-state index in [1.807, 2.05) is 0 Å². The molecule has 0 aliphatic heterocycles. The molecular weight excluding hydrogens is 418 g/mol. The monoisotopic (exact) mass is 445 g/mol. The van der Waals surface area contributed by atoms with Crippen LogP contribution in [0.3, 0.4) is 0 Å². The summed E-state index contributed by atoms with van der Waals surface area (Å²) in [6.45, 7) is 3.09. The molecule has 9 heteroatoms. The van der Waals surface area contributed by atoms with E-state index < -0.39 is 23.9 Å². The van der Waals surface area contributed by atoms with E-state index >= 15 is 0 Å². The van der Waals surface area contributed by atoms with Crippen molar-refractivity contribution in [1.82, 2.24) is 5.32 Å². The molecule has 2 aromatic carbocycles. The average Bonchev–Trinajstić information content (AvgIpc) is 2.78. The van der Waals surface area contributed by atoms with Gasteiger partial charge in [-0.3, -0.25) is 9.59 Å². The minimum absolute atomic E-state index is 0.0617. The molecule has 0 aliphatic rings. The number of benzene rings is 2. The van der Waals surface area contributed by atoms with Gasteiger partial charge in [0.15, 0.2) is 17.5 Å². The van der Waals surface area contributed by atoms with E-state index in [9.17, 15) is 14.4 Å². The van der Waals surface area contributed by atoms with Crippen molar-refractivity contribution in [3.63, 3.8) is 0 Å². The van der Waals surface area contributed by atoms with Gasteiger partial charge >= 0.3 is 11.9 Å². The molecule has 0 saturated carbocycles. The van der Waals surface area contributed by atoms with Gasteiger partial charge in [0.1, 0.15) is 11.5 Å². The van der Waals surface area contributed by atoms with Gasteiger partial charge in [-0.15, -0.1) is 0 Å². The molecule has 1 amide bonds. The van der Waals surface area contributed by atoms with E-state index in [1.54, 1.807) is 37.3 Å². The van der Waals surface area contributed by atoms with Gasteiger partial charge in [-0.25, -0.2) is 4.79 Å². The van der Waals surface area contributed by atoms with Crippen LogP contribution in [0, 0.1) is 6.92 Å². The maximum Gasteiger partial charge on any atom is 0.333 e. The molecule has 0 spiro atoms. The maximum atomic E-state index is 12.3. The number of hydrogen-bond donors (Lipinski definition) is 1. The predicted octanol–water partition coefficient (Wildman–Crippen LogP) is 2.87. The molecule has 0 saturated heterocycles. The quantitative estimate of drug-likeness (QED) is 0.587. The summed E-state index contributed by atoms with van der Waals surface area (Å²) in [6.07, 6.45) is 0.0617. The maximum absolute atomic E-state index is 12.3. The van der Waals surface area contributed by atoms with Crippen molar-refractivity contribution in [2.45, 2.75) is 26.3 Å². The van der Waals surface area contributed by atoms with E-state index in [-0.39, 0.29) is 6.42 Å². The first-order chi connectivity index (χ1) is 15.2. The van der Waals surface area contributed by atoms with E-state index in [2.05, 4.69) is 5.32 Å². The summed E-state index contributed by atoms with van der Waals surface area (Å²) in [5, 5.41) is 2.57. The van der Waals surface area contributed by atoms with Crippen LogP contribution >= 0.6 is 0 Å². The molecule has 1 atom stereocenters. The summed E-state index contributed by atoms with van der Waals surface area (Å²) in [5.41, 5.74) is 1.73. The highest BCUT2D eigenvalue weighted by Gasteiger charge is 2.25. The zero-order chi connectivity index (χ0) is 23.8. The highest BCUT2D eigenvalue weighted by atomic mass is 16.5. The number of methoxy groups -OCH3 is 4. The van der Waals surface area contributed by atoms with Crippen LogP contribution in [-0.2, 0) is 30.3 Å². The van der Waals surface area contributed by atoms with Gasteiger partial charge < -0.3 is 29.0 Å². The minimum atomic E-state index is -1.05. The molecule has 2 aromatic rings. The molecule has 0 radical (unpaired) electrons. The first-order valence-corrected chi connectivity index (χ1v) is 9.69. The Morgan fingerprint density at radius 2 is 1.53 bits per heavy atom. The Hall–Kier alpha value is -3.75. The molecule has 0 heterocycles. The number of carbonyl (C=O) groups excluding carboxylic acids is 3. The summed E-state index contributed by atoms with van der Waals surface area (Å²) in [4.78, 5) is 35.6. The molecule has 172 valence electrons. The number of ether oxygens (including phenoxy) is 5. The number of hydrogen-bond acceptors (Lipinski definition) is 8. The molecule has 0 aromatic heterocycles. The number of carbonyl (C=O) groups is 3.